The van der Waals surface area contributed by atoms with Crippen molar-refractivity contribution in [3.63, 3.8) is 0 Å². The van der Waals surface area contributed by atoms with E-state index in [9.17, 15) is 22.8 Å². The van der Waals surface area contributed by atoms with Gasteiger partial charge in [0.2, 0.25) is 0 Å². The molecule has 1 saturated heterocycles. The standard InChI is InChI=1S/C21H28F3N3O3/c1-2-26(13-14-7-9-27(10-8-14)20(29)30)18-6-4-15-3-5-17(11-16(15)12-18)25-19(28)21(22,23)24/h3,5,11,14,18H,2,4,6-10,12-13H2,1H3,(H,25,28)(H,29,30). The number of likely N-dealkylation sites (N-methyl/N-ethyl adjacent to an activating group) is 1. The molecule has 0 spiro atoms. The number of carbonyl (C=O) groups excluding carboxylic acids is 1. The van der Waals surface area contributed by atoms with Crippen LogP contribution in [0.2, 0.25) is 0 Å². The molecule has 1 aliphatic heterocycles. The lowest BCUT2D eigenvalue weighted by atomic mass is 9.86. The number of alkyl halides is 3. The van der Waals surface area contributed by atoms with Crippen molar-refractivity contribution in [3.8, 4) is 0 Å². The van der Waals surface area contributed by atoms with Gasteiger partial charge in [-0.25, -0.2) is 4.79 Å². The molecule has 3 rings (SSSR count). The first-order valence-electron chi connectivity index (χ1n) is 10.4. The second-order valence-corrected chi connectivity index (χ2v) is 8.13. The van der Waals surface area contributed by atoms with Crippen LogP contribution in [0.15, 0.2) is 18.2 Å². The molecule has 1 unspecified atom stereocenters. The van der Waals surface area contributed by atoms with Gasteiger partial charge in [0.05, 0.1) is 0 Å². The summed E-state index contributed by atoms with van der Waals surface area (Å²) < 4.78 is 37.6. The predicted octanol–water partition coefficient (Wildman–Crippen LogP) is 3.76. The highest BCUT2D eigenvalue weighted by molar-refractivity contribution is 5.95. The van der Waals surface area contributed by atoms with Gasteiger partial charge < -0.3 is 20.2 Å². The van der Waals surface area contributed by atoms with Crippen LogP contribution in [0, 0.1) is 5.92 Å². The summed E-state index contributed by atoms with van der Waals surface area (Å²) in [5.41, 5.74) is 2.26. The molecule has 0 bridgehead atoms. The number of nitrogens with one attached hydrogen (secondary N) is 1. The van der Waals surface area contributed by atoms with Gasteiger partial charge in [0.25, 0.3) is 0 Å². The van der Waals surface area contributed by atoms with E-state index in [2.05, 4.69) is 11.8 Å². The zero-order valence-corrected chi connectivity index (χ0v) is 17.0. The largest absolute Gasteiger partial charge is 0.471 e. The van der Waals surface area contributed by atoms with E-state index in [1.54, 1.807) is 12.1 Å². The van der Waals surface area contributed by atoms with Gasteiger partial charge in [0.15, 0.2) is 0 Å². The maximum atomic E-state index is 12.5. The summed E-state index contributed by atoms with van der Waals surface area (Å²) in [7, 11) is 0. The Labute approximate surface area is 174 Å². The number of aryl methyl sites for hydroxylation is 1. The quantitative estimate of drug-likeness (QED) is 0.751. The first-order chi connectivity index (χ1) is 14.2. The molecule has 2 amide bonds. The lowest BCUT2D eigenvalue weighted by Crippen LogP contribution is -2.45. The molecule has 2 N–H and O–H groups in total. The second kappa shape index (κ2) is 9.24. The zero-order valence-electron chi connectivity index (χ0n) is 17.0. The fourth-order valence-corrected chi connectivity index (χ4v) is 4.50. The number of carboxylic acid groups (broad SMARTS) is 1. The third-order valence-corrected chi connectivity index (χ3v) is 6.22. The molecular weight excluding hydrogens is 399 g/mol. The van der Waals surface area contributed by atoms with E-state index < -0.39 is 18.2 Å². The van der Waals surface area contributed by atoms with Crippen molar-refractivity contribution in [2.75, 3.05) is 31.5 Å². The third kappa shape index (κ3) is 5.44. The van der Waals surface area contributed by atoms with Gasteiger partial charge >= 0.3 is 18.2 Å². The molecule has 0 radical (unpaired) electrons. The minimum atomic E-state index is -4.91. The van der Waals surface area contributed by atoms with Crippen LogP contribution >= 0.6 is 0 Å². The summed E-state index contributed by atoms with van der Waals surface area (Å²) in [6.07, 6.45) is -1.53. The normalized spacial score (nSPS) is 20.2. The van der Waals surface area contributed by atoms with Gasteiger partial charge in [-0.1, -0.05) is 13.0 Å². The molecule has 2 aliphatic rings. The summed E-state index contributed by atoms with van der Waals surface area (Å²) in [6, 6.07) is 5.27. The second-order valence-electron chi connectivity index (χ2n) is 8.13. The van der Waals surface area contributed by atoms with Gasteiger partial charge in [0.1, 0.15) is 0 Å². The van der Waals surface area contributed by atoms with Crippen LogP contribution in [0.4, 0.5) is 23.7 Å². The number of halogens is 3. The van der Waals surface area contributed by atoms with Crippen LogP contribution in [-0.2, 0) is 17.6 Å². The van der Waals surface area contributed by atoms with E-state index in [0.717, 1.165) is 56.3 Å². The molecular formula is C21H28F3N3O3. The van der Waals surface area contributed by atoms with Gasteiger partial charge in [-0.3, -0.25) is 4.79 Å². The molecule has 1 aliphatic carbocycles. The Hall–Kier alpha value is -2.29. The van der Waals surface area contributed by atoms with Gasteiger partial charge in [0, 0.05) is 31.4 Å². The highest BCUT2D eigenvalue weighted by atomic mass is 19.4. The summed E-state index contributed by atoms with van der Waals surface area (Å²) in [5.74, 6) is -1.52. The summed E-state index contributed by atoms with van der Waals surface area (Å²) in [4.78, 5) is 26.2. The van der Waals surface area contributed by atoms with E-state index in [0.29, 0.717) is 19.0 Å². The van der Waals surface area contributed by atoms with Crippen molar-refractivity contribution in [1.29, 1.82) is 0 Å². The lowest BCUT2D eigenvalue weighted by Gasteiger charge is -2.39. The summed E-state index contributed by atoms with van der Waals surface area (Å²) >= 11 is 0. The van der Waals surface area contributed by atoms with Crippen LogP contribution in [0.25, 0.3) is 0 Å². The van der Waals surface area contributed by atoms with Gasteiger partial charge in [-0.15, -0.1) is 0 Å². The molecule has 1 atom stereocenters. The van der Waals surface area contributed by atoms with E-state index in [1.165, 1.54) is 11.0 Å². The van der Waals surface area contributed by atoms with Crippen LogP contribution in [0.1, 0.15) is 37.3 Å². The number of anilines is 1. The minimum Gasteiger partial charge on any atom is -0.465 e. The van der Waals surface area contributed by atoms with Crippen LogP contribution in [0.5, 0.6) is 0 Å². The fourth-order valence-electron chi connectivity index (χ4n) is 4.50. The first-order valence-corrected chi connectivity index (χ1v) is 10.4. The molecule has 1 fully saturated rings. The summed E-state index contributed by atoms with van der Waals surface area (Å²) in [6.45, 7) is 4.99. The Morgan fingerprint density at radius 3 is 2.50 bits per heavy atom. The van der Waals surface area contributed by atoms with Crippen molar-refractivity contribution in [3.05, 3.63) is 29.3 Å². The molecule has 6 nitrogen and oxygen atoms in total. The number of hydrogen-bond donors (Lipinski definition) is 2. The number of hydrogen-bond acceptors (Lipinski definition) is 3. The maximum Gasteiger partial charge on any atom is 0.471 e. The lowest BCUT2D eigenvalue weighted by molar-refractivity contribution is -0.167. The number of piperidine rings is 1. The summed E-state index contributed by atoms with van der Waals surface area (Å²) in [5, 5.41) is 11.0. The van der Waals surface area contributed by atoms with E-state index in [-0.39, 0.29) is 11.7 Å². The average Bonchev–Trinajstić information content (AvgIpc) is 2.71. The van der Waals surface area contributed by atoms with E-state index in [4.69, 9.17) is 5.11 Å². The number of likely N-dealkylation sites (tertiary alicyclic amines) is 1. The Morgan fingerprint density at radius 1 is 1.20 bits per heavy atom. The average molecular weight is 427 g/mol. The van der Waals surface area contributed by atoms with E-state index in [1.807, 2.05) is 5.32 Å². The van der Waals surface area contributed by atoms with Crippen molar-refractivity contribution in [1.82, 2.24) is 9.80 Å². The van der Waals surface area contributed by atoms with Crippen molar-refractivity contribution in [2.45, 2.75) is 51.2 Å². The number of fused-ring (bicyclic) bond motifs is 1. The van der Waals surface area contributed by atoms with Crippen LogP contribution in [0.3, 0.4) is 0 Å². The molecule has 1 aromatic rings. The third-order valence-electron chi connectivity index (χ3n) is 6.22. The molecule has 0 saturated carbocycles. The Bertz CT molecular complexity index is 776. The van der Waals surface area contributed by atoms with Gasteiger partial charge in [-0.2, -0.15) is 13.2 Å². The van der Waals surface area contributed by atoms with Crippen molar-refractivity contribution >= 4 is 17.7 Å². The molecule has 9 heteroatoms. The molecule has 30 heavy (non-hydrogen) atoms. The molecule has 1 heterocycles. The number of nitrogens with zero attached hydrogens (tertiary/aromatic N) is 2. The topological polar surface area (TPSA) is 72.9 Å². The highest BCUT2D eigenvalue weighted by Crippen LogP contribution is 2.29. The Morgan fingerprint density at radius 2 is 1.90 bits per heavy atom. The van der Waals surface area contributed by atoms with Crippen LogP contribution < -0.4 is 5.32 Å². The number of carbonyl (C=O) groups is 2. The van der Waals surface area contributed by atoms with Crippen molar-refractivity contribution in [2.24, 2.45) is 5.92 Å². The monoisotopic (exact) mass is 427 g/mol. The highest BCUT2D eigenvalue weighted by Gasteiger charge is 2.38. The fraction of sp³-hybridized carbons (Fsp3) is 0.619. The molecule has 166 valence electrons. The number of amides is 2. The number of rotatable bonds is 5. The van der Waals surface area contributed by atoms with Gasteiger partial charge in [-0.05, 0) is 67.8 Å². The molecule has 1 aromatic carbocycles. The SMILES string of the molecule is CCN(CC1CCN(C(=O)O)CC1)C1CCc2ccc(NC(=O)C(F)(F)F)cc2C1. The number of benzene rings is 1. The smallest absolute Gasteiger partial charge is 0.465 e. The van der Waals surface area contributed by atoms with Crippen LogP contribution in [-0.4, -0.2) is 65.3 Å². The zero-order chi connectivity index (χ0) is 21.9. The first kappa shape index (κ1) is 22.4. The van der Waals surface area contributed by atoms with Crippen molar-refractivity contribution < 1.29 is 27.9 Å². The minimum absolute atomic E-state index is 0.167. The molecule has 0 aromatic heterocycles. The Kier molecular flexibility index (Phi) is 6.90. The Balaban J connectivity index is 1.61. The van der Waals surface area contributed by atoms with E-state index >= 15 is 0 Å². The maximum absolute atomic E-state index is 12.5. The predicted molar refractivity (Wildman–Crippen MR) is 107 cm³/mol.